The van der Waals surface area contributed by atoms with Crippen molar-refractivity contribution in [3.63, 3.8) is 0 Å². The Morgan fingerprint density at radius 1 is 1.52 bits per heavy atom. The van der Waals surface area contributed by atoms with Gasteiger partial charge in [0.2, 0.25) is 0 Å². The Kier molecular flexibility index (Phi) is 6.17. The van der Waals surface area contributed by atoms with Crippen molar-refractivity contribution in [2.45, 2.75) is 38.3 Å². The standard InChI is InChI=1S/C14H22N2O4S/c1-10(7-11-5-4-6-21-11)16(3)13(19)15-9-14(2,20)8-12(17)18/h4-6,10,20H,7-9H2,1-3H3,(H,15,19)(H,17,18). The van der Waals surface area contributed by atoms with Crippen molar-refractivity contribution in [1.29, 1.82) is 0 Å². The van der Waals surface area contributed by atoms with E-state index in [0.717, 1.165) is 6.42 Å². The van der Waals surface area contributed by atoms with Gasteiger partial charge in [0.05, 0.1) is 12.0 Å². The molecular weight excluding hydrogens is 292 g/mol. The van der Waals surface area contributed by atoms with Crippen molar-refractivity contribution < 1.29 is 19.8 Å². The highest BCUT2D eigenvalue weighted by molar-refractivity contribution is 7.09. The van der Waals surface area contributed by atoms with Crippen LogP contribution in [0.25, 0.3) is 0 Å². The number of carbonyl (C=O) groups is 2. The molecule has 0 spiro atoms. The van der Waals surface area contributed by atoms with Crippen LogP contribution in [0.15, 0.2) is 17.5 Å². The first-order chi connectivity index (χ1) is 9.71. The van der Waals surface area contributed by atoms with Gasteiger partial charge in [-0.2, -0.15) is 0 Å². The summed E-state index contributed by atoms with van der Waals surface area (Å²) in [5.74, 6) is -1.10. The van der Waals surface area contributed by atoms with Gasteiger partial charge in [0.15, 0.2) is 0 Å². The monoisotopic (exact) mass is 314 g/mol. The third-order valence-corrected chi connectivity index (χ3v) is 4.11. The zero-order valence-corrected chi connectivity index (χ0v) is 13.3. The van der Waals surface area contributed by atoms with Gasteiger partial charge in [-0.25, -0.2) is 4.79 Å². The van der Waals surface area contributed by atoms with Crippen molar-refractivity contribution in [2.75, 3.05) is 13.6 Å². The number of carboxylic acid groups (broad SMARTS) is 1. The van der Waals surface area contributed by atoms with Crippen LogP contribution in [0.3, 0.4) is 0 Å². The van der Waals surface area contributed by atoms with Crippen molar-refractivity contribution >= 4 is 23.3 Å². The molecule has 0 aromatic carbocycles. The molecule has 7 heteroatoms. The molecule has 0 aliphatic rings. The summed E-state index contributed by atoms with van der Waals surface area (Å²) in [6, 6.07) is 3.67. The van der Waals surface area contributed by atoms with E-state index in [4.69, 9.17) is 5.11 Å². The summed E-state index contributed by atoms with van der Waals surface area (Å²) in [4.78, 5) is 25.3. The molecule has 0 bridgehead atoms. The van der Waals surface area contributed by atoms with Gasteiger partial charge in [-0.3, -0.25) is 4.79 Å². The fourth-order valence-electron chi connectivity index (χ4n) is 1.84. The van der Waals surface area contributed by atoms with Crippen LogP contribution in [0.1, 0.15) is 25.1 Å². The number of aliphatic carboxylic acids is 1. The molecule has 2 atom stereocenters. The molecule has 0 saturated carbocycles. The van der Waals surface area contributed by atoms with Gasteiger partial charge in [0.25, 0.3) is 0 Å². The maximum atomic E-state index is 12.0. The van der Waals surface area contributed by atoms with Gasteiger partial charge in [0, 0.05) is 30.9 Å². The summed E-state index contributed by atoms with van der Waals surface area (Å²) in [5, 5.41) is 23.1. The zero-order chi connectivity index (χ0) is 16.0. The Hall–Kier alpha value is -1.60. The molecule has 1 aromatic heterocycles. The van der Waals surface area contributed by atoms with Gasteiger partial charge in [-0.15, -0.1) is 11.3 Å². The Bertz CT molecular complexity index is 473. The average molecular weight is 314 g/mol. The highest BCUT2D eigenvalue weighted by atomic mass is 32.1. The number of carboxylic acids is 1. The molecule has 6 nitrogen and oxygen atoms in total. The highest BCUT2D eigenvalue weighted by Gasteiger charge is 2.26. The molecule has 1 aromatic rings. The van der Waals surface area contributed by atoms with E-state index in [2.05, 4.69) is 5.32 Å². The molecule has 0 radical (unpaired) electrons. The van der Waals surface area contributed by atoms with Gasteiger partial charge in [0.1, 0.15) is 0 Å². The van der Waals surface area contributed by atoms with Gasteiger partial charge in [-0.05, 0) is 25.3 Å². The Balaban J connectivity index is 2.45. The van der Waals surface area contributed by atoms with Crippen LogP contribution in [0.5, 0.6) is 0 Å². The van der Waals surface area contributed by atoms with Gasteiger partial charge >= 0.3 is 12.0 Å². The zero-order valence-electron chi connectivity index (χ0n) is 12.5. The predicted molar refractivity (Wildman–Crippen MR) is 81.5 cm³/mol. The van der Waals surface area contributed by atoms with E-state index in [1.165, 1.54) is 11.8 Å². The number of nitrogens with one attached hydrogen (secondary N) is 1. The molecular formula is C14H22N2O4S. The molecule has 0 fully saturated rings. The lowest BCUT2D eigenvalue weighted by molar-refractivity contribution is -0.141. The third kappa shape index (κ3) is 6.14. The topological polar surface area (TPSA) is 89.9 Å². The average Bonchev–Trinajstić information content (AvgIpc) is 2.86. The number of amides is 2. The number of aliphatic hydroxyl groups is 1. The maximum absolute atomic E-state index is 12.0. The molecule has 2 amide bonds. The smallest absolute Gasteiger partial charge is 0.317 e. The number of carbonyl (C=O) groups excluding carboxylic acids is 1. The van der Waals surface area contributed by atoms with Gasteiger partial charge < -0.3 is 20.4 Å². The van der Waals surface area contributed by atoms with E-state index < -0.39 is 18.0 Å². The van der Waals surface area contributed by atoms with Crippen LogP contribution in [-0.2, 0) is 11.2 Å². The Labute approximate surface area is 128 Å². The minimum atomic E-state index is -1.46. The largest absolute Gasteiger partial charge is 0.481 e. The van der Waals surface area contributed by atoms with Crippen molar-refractivity contribution in [2.24, 2.45) is 0 Å². The van der Waals surface area contributed by atoms with Crippen LogP contribution in [-0.4, -0.2) is 52.3 Å². The highest BCUT2D eigenvalue weighted by Crippen LogP contribution is 2.14. The molecule has 3 N–H and O–H groups in total. The van der Waals surface area contributed by atoms with Crippen LogP contribution in [0, 0.1) is 0 Å². The van der Waals surface area contributed by atoms with Crippen molar-refractivity contribution in [1.82, 2.24) is 10.2 Å². The lowest BCUT2D eigenvalue weighted by atomic mass is 10.0. The summed E-state index contributed by atoms with van der Waals surface area (Å²) in [6.45, 7) is 3.22. The second kappa shape index (κ2) is 7.42. The molecule has 21 heavy (non-hydrogen) atoms. The summed E-state index contributed by atoms with van der Waals surface area (Å²) in [5.41, 5.74) is -1.46. The van der Waals surface area contributed by atoms with Crippen LogP contribution in [0.4, 0.5) is 4.79 Å². The number of hydrogen-bond donors (Lipinski definition) is 3. The molecule has 118 valence electrons. The number of rotatable bonds is 7. The van der Waals surface area contributed by atoms with Crippen molar-refractivity contribution in [3.8, 4) is 0 Å². The minimum absolute atomic E-state index is 0.00747. The van der Waals surface area contributed by atoms with Crippen LogP contribution in [0.2, 0.25) is 0 Å². The van der Waals surface area contributed by atoms with E-state index in [1.54, 1.807) is 23.3 Å². The Morgan fingerprint density at radius 3 is 2.71 bits per heavy atom. The molecule has 0 saturated heterocycles. The lowest BCUT2D eigenvalue weighted by Gasteiger charge is -2.27. The fraction of sp³-hybridized carbons (Fsp3) is 0.571. The van der Waals surface area contributed by atoms with E-state index in [-0.39, 0.29) is 18.6 Å². The van der Waals surface area contributed by atoms with E-state index in [0.29, 0.717) is 0 Å². The SMILES string of the molecule is CC(Cc1cccs1)N(C)C(=O)NCC(C)(O)CC(=O)O. The van der Waals surface area contributed by atoms with E-state index >= 15 is 0 Å². The third-order valence-electron chi connectivity index (χ3n) is 3.21. The number of thiophene rings is 1. The van der Waals surface area contributed by atoms with E-state index in [1.807, 2.05) is 24.4 Å². The number of nitrogens with zero attached hydrogens (tertiary/aromatic N) is 1. The quantitative estimate of drug-likeness (QED) is 0.712. The second-order valence-corrected chi connectivity index (χ2v) is 6.50. The van der Waals surface area contributed by atoms with Crippen molar-refractivity contribution in [3.05, 3.63) is 22.4 Å². The van der Waals surface area contributed by atoms with Gasteiger partial charge in [-0.1, -0.05) is 6.07 Å². The fourth-order valence-corrected chi connectivity index (χ4v) is 2.66. The first-order valence-corrected chi connectivity index (χ1v) is 7.56. The number of hydrogen-bond acceptors (Lipinski definition) is 4. The van der Waals surface area contributed by atoms with E-state index in [9.17, 15) is 14.7 Å². The van der Waals surface area contributed by atoms with Crippen LogP contribution < -0.4 is 5.32 Å². The summed E-state index contributed by atoms with van der Waals surface area (Å²) >= 11 is 1.64. The summed E-state index contributed by atoms with van der Waals surface area (Å²) in [6.07, 6.45) is 0.342. The molecule has 1 rings (SSSR count). The second-order valence-electron chi connectivity index (χ2n) is 5.47. The first kappa shape index (κ1) is 17.5. The summed E-state index contributed by atoms with van der Waals surface area (Å²) in [7, 11) is 1.68. The first-order valence-electron chi connectivity index (χ1n) is 6.68. The molecule has 1 heterocycles. The molecule has 2 unspecified atom stereocenters. The normalized spacial score (nSPS) is 15.0. The predicted octanol–water partition coefficient (Wildman–Crippen LogP) is 1.55. The minimum Gasteiger partial charge on any atom is -0.481 e. The maximum Gasteiger partial charge on any atom is 0.317 e. The molecule has 0 aliphatic carbocycles. The number of urea groups is 1. The molecule has 0 aliphatic heterocycles. The summed E-state index contributed by atoms with van der Waals surface area (Å²) < 4.78 is 0. The number of likely N-dealkylation sites (N-methyl/N-ethyl adjacent to an activating group) is 1. The lowest BCUT2D eigenvalue weighted by Crippen LogP contribution is -2.48. The van der Waals surface area contributed by atoms with Crippen LogP contribution >= 0.6 is 11.3 Å². The Morgan fingerprint density at radius 2 is 2.19 bits per heavy atom.